The Hall–Kier alpha value is -2.93. The van der Waals surface area contributed by atoms with Crippen LogP contribution in [0.3, 0.4) is 0 Å². The zero-order valence-corrected chi connectivity index (χ0v) is 19.6. The van der Waals surface area contributed by atoms with E-state index >= 15 is 0 Å². The van der Waals surface area contributed by atoms with Gasteiger partial charge in [-0.25, -0.2) is 4.98 Å². The predicted molar refractivity (Wildman–Crippen MR) is 127 cm³/mol. The highest BCUT2D eigenvalue weighted by Gasteiger charge is 2.21. The topological polar surface area (TPSA) is 95.5 Å². The Bertz CT molecular complexity index is 957. The molecule has 0 saturated carbocycles. The average Bonchev–Trinajstić information content (AvgIpc) is 2.65. The number of hydrogen-bond donors (Lipinski definition) is 3. The van der Waals surface area contributed by atoms with Gasteiger partial charge >= 0.3 is 0 Å². The summed E-state index contributed by atoms with van der Waals surface area (Å²) >= 11 is 5.90. The molecule has 0 aliphatic rings. The van der Waals surface area contributed by atoms with Crippen LogP contribution < -0.4 is 16.0 Å². The van der Waals surface area contributed by atoms with Crippen LogP contribution in [0.4, 0.5) is 11.6 Å². The van der Waals surface area contributed by atoms with E-state index in [4.69, 9.17) is 11.6 Å². The van der Waals surface area contributed by atoms with Gasteiger partial charge in [-0.1, -0.05) is 59.2 Å². The van der Waals surface area contributed by atoms with E-state index in [-0.39, 0.29) is 23.2 Å². The van der Waals surface area contributed by atoms with Gasteiger partial charge in [0, 0.05) is 22.5 Å². The van der Waals surface area contributed by atoms with Crippen LogP contribution in [0.2, 0.25) is 5.02 Å². The summed E-state index contributed by atoms with van der Waals surface area (Å²) in [7, 11) is 0. The lowest BCUT2D eigenvalue weighted by Crippen LogP contribution is -2.37. The standard InChI is InChI=1S/C23H30ClN5O2/c1-22(2,3)14-25-21(29-19(30)15-10-12-16(24)13-11-15)28-18-9-7-8-17(26-18)27-20(31)23(4,5)6/h7-13H,14H2,1-6H3,(H3,25,26,27,28,29,30,31). The molecule has 3 N–H and O–H groups in total. The average molecular weight is 444 g/mol. The lowest BCUT2D eigenvalue weighted by Gasteiger charge is -2.18. The summed E-state index contributed by atoms with van der Waals surface area (Å²) in [6.07, 6.45) is 0. The Balaban J connectivity index is 2.21. The molecule has 0 spiro atoms. The summed E-state index contributed by atoms with van der Waals surface area (Å²) in [6, 6.07) is 11.8. The molecule has 8 heteroatoms. The van der Waals surface area contributed by atoms with Crippen LogP contribution >= 0.6 is 11.6 Å². The summed E-state index contributed by atoms with van der Waals surface area (Å²) in [5.41, 5.74) is -0.168. The second-order valence-corrected chi connectivity index (χ2v) is 9.86. The number of rotatable bonds is 4. The summed E-state index contributed by atoms with van der Waals surface area (Å²) in [4.78, 5) is 33.8. The van der Waals surface area contributed by atoms with Crippen molar-refractivity contribution in [2.24, 2.45) is 15.8 Å². The molecule has 2 rings (SSSR count). The van der Waals surface area contributed by atoms with Gasteiger partial charge in [-0.2, -0.15) is 0 Å². The van der Waals surface area contributed by atoms with Crippen molar-refractivity contribution in [1.29, 1.82) is 0 Å². The van der Waals surface area contributed by atoms with Crippen LogP contribution in [0.15, 0.2) is 47.5 Å². The van der Waals surface area contributed by atoms with Crippen molar-refractivity contribution in [2.75, 3.05) is 17.2 Å². The molecule has 0 unspecified atom stereocenters. The number of carbonyl (C=O) groups is 2. The first-order valence-corrected chi connectivity index (χ1v) is 10.4. The van der Waals surface area contributed by atoms with Crippen molar-refractivity contribution in [3.8, 4) is 0 Å². The third-order valence-corrected chi connectivity index (χ3v) is 4.22. The monoisotopic (exact) mass is 443 g/mol. The molecule has 0 aliphatic heterocycles. The minimum Gasteiger partial charge on any atom is -0.311 e. The molecule has 1 heterocycles. The van der Waals surface area contributed by atoms with Crippen molar-refractivity contribution in [3.05, 3.63) is 53.1 Å². The number of halogens is 1. The zero-order valence-electron chi connectivity index (χ0n) is 18.8. The summed E-state index contributed by atoms with van der Waals surface area (Å²) in [6.45, 7) is 12.1. The second-order valence-electron chi connectivity index (χ2n) is 9.42. The van der Waals surface area contributed by atoms with Crippen LogP contribution in [0.1, 0.15) is 51.9 Å². The molecular formula is C23H30ClN5O2. The molecule has 0 atom stereocenters. The van der Waals surface area contributed by atoms with E-state index in [0.717, 1.165) is 0 Å². The van der Waals surface area contributed by atoms with Gasteiger partial charge in [-0.15, -0.1) is 0 Å². The van der Waals surface area contributed by atoms with Crippen LogP contribution in [0.5, 0.6) is 0 Å². The first kappa shape index (κ1) is 24.3. The maximum absolute atomic E-state index is 12.7. The number of aromatic nitrogens is 1. The first-order valence-electron chi connectivity index (χ1n) is 10.0. The number of anilines is 2. The van der Waals surface area contributed by atoms with Gasteiger partial charge in [0.25, 0.3) is 5.91 Å². The highest BCUT2D eigenvalue weighted by Crippen LogP contribution is 2.18. The molecule has 2 amide bonds. The van der Waals surface area contributed by atoms with Gasteiger partial charge in [0.1, 0.15) is 11.6 Å². The smallest absolute Gasteiger partial charge is 0.257 e. The van der Waals surface area contributed by atoms with E-state index < -0.39 is 5.41 Å². The zero-order chi connectivity index (χ0) is 23.2. The van der Waals surface area contributed by atoms with Gasteiger partial charge in [-0.05, 0) is 41.8 Å². The molecule has 2 aromatic rings. The van der Waals surface area contributed by atoms with E-state index in [1.54, 1.807) is 42.5 Å². The quantitative estimate of drug-likeness (QED) is 0.459. The Kier molecular flexibility index (Phi) is 7.79. The third kappa shape index (κ3) is 8.38. The highest BCUT2D eigenvalue weighted by atomic mass is 35.5. The molecule has 31 heavy (non-hydrogen) atoms. The molecule has 0 fully saturated rings. The Morgan fingerprint density at radius 1 is 0.935 bits per heavy atom. The number of hydrogen-bond acceptors (Lipinski definition) is 4. The molecule has 0 aliphatic carbocycles. The van der Waals surface area contributed by atoms with Crippen LogP contribution in [0, 0.1) is 10.8 Å². The molecule has 1 aromatic carbocycles. The second kappa shape index (κ2) is 9.92. The van der Waals surface area contributed by atoms with E-state index in [1.165, 1.54) is 0 Å². The number of amides is 2. The molecule has 166 valence electrons. The minimum absolute atomic E-state index is 0.0755. The maximum atomic E-state index is 12.7. The number of aliphatic imine (C=N–C) groups is 1. The molecule has 0 saturated heterocycles. The maximum Gasteiger partial charge on any atom is 0.257 e. The van der Waals surface area contributed by atoms with Gasteiger partial charge in [-0.3, -0.25) is 19.9 Å². The Morgan fingerprint density at radius 2 is 1.52 bits per heavy atom. The fraction of sp³-hybridized carbons (Fsp3) is 0.391. The van der Waals surface area contributed by atoms with Gasteiger partial charge < -0.3 is 10.6 Å². The number of nitrogens with one attached hydrogen (secondary N) is 3. The molecule has 0 bridgehead atoms. The SMILES string of the molecule is CC(C)(C)CN=C(NC(=O)c1ccc(Cl)cc1)Nc1cccc(NC(=O)C(C)(C)C)n1. The number of nitrogens with zero attached hydrogens (tertiary/aromatic N) is 2. The summed E-state index contributed by atoms with van der Waals surface area (Å²) in [5.74, 6) is 0.644. The van der Waals surface area contributed by atoms with E-state index in [2.05, 4.69) is 46.7 Å². The van der Waals surface area contributed by atoms with Gasteiger partial charge in [0.2, 0.25) is 11.9 Å². The Morgan fingerprint density at radius 3 is 2.06 bits per heavy atom. The Labute approximate surface area is 188 Å². The van der Waals surface area contributed by atoms with Crippen molar-refractivity contribution < 1.29 is 9.59 Å². The fourth-order valence-electron chi connectivity index (χ4n) is 2.21. The van der Waals surface area contributed by atoms with Gasteiger partial charge in [0.05, 0.1) is 0 Å². The van der Waals surface area contributed by atoms with Crippen molar-refractivity contribution in [3.63, 3.8) is 0 Å². The summed E-state index contributed by atoms with van der Waals surface area (Å²) < 4.78 is 0. The van der Waals surface area contributed by atoms with Crippen LogP contribution in [-0.2, 0) is 4.79 Å². The summed E-state index contributed by atoms with van der Waals surface area (Å²) in [5, 5.41) is 9.18. The number of benzene rings is 1. The van der Waals surface area contributed by atoms with Crippen molar-refractivity contribution in [1.82, 2.24) is 10.3 Å². The third-order valence-electron chi connectivity index (χ3n) is 3.97. The van der Waals surface area contributed by atoms with Crippen LogP contribution in [0.25, 0.3) is 0 Å². The van der Waals surface area contributed by atoms with E-state index in [1.807, 2.05) is 20.8 Å². The van der Waals surface area contributed by atoms with Crippen LogP contribution in [-0.4, -0.2) is 29.3 Å². The molecule has 0 radical (unpaired) electrons. The van der Waals surface area contributed by atoms with E-state index in [0.29, 0.717) is 28.8 Å². The van der Waals surface area contributed by atoms with E-state index in [9.17, 15) is 9.59 Å². The number of pyridine rings is 1. The van der Waals surface area contributed by atoms with Crippen molar-refractivity contribution in [2.45, 2.75) is 41.5 Å². The number of guanidine groups is 1. The molecular weight excluding hydrogens is 414 g/mol. The lowest BCUT2D eigenvalue weighted by atomic mass is 9.96. The first-order chi connectivity index (χ1) is 14.3. The minimum atomic E-state index is -0.545. The van der Waals surface area contributed by atoms with Crippen molar-refractivity contribution >= 4 is 41.0 Å². The molecule has 1 aromatic heterocycles. The lowest BCUT2D eigenvalue weighted by molar-refractivity contribution is -0.123. The highest BCUT2D eigenvalue weighted by molar-refractivity contribution is 6.30. The van der Waals surface area contributed by atoms with Gasteiger partial charge in [0.15, 0.2) is 0 Å². The molecule has 7 nitrogen and oxygen atoms in total. The number of carbonyl (C=O) groups excluding carboxylic acids is 2. The largest absolute Gasteiger partial charge is 0.311 e. The predicted octanol–water partition coefficient (Wildman–Crippen LogP) is 4.96. The fourth-order valence-corrected chi connectivity index (χ4v) is 2.33. The normalized spacial score (nSPS) is 12.3.